The third kappa shape index (κ3) is 5.19. The normalized spacial score (nSPS) is 20.6. The lowest BCUT2D eigenvalue weighted by Gasteiger charge is -2.26. The van der Waals surface area contributed by atoms with E-state index in [4.69, 9.17) is 4.74 Å². The van der Waals surface area contributed by atoms with E-state index >= 15 is 0 Å². The quantitative estimate of drug-likeness (QED) is 0.586. The van der Waals surface area contributed by atoms with Gasteiger partial charge in [-0.1, -0.05) is 19.3 Å². The van der Waals surface area contributed by atoms with Crippen molar-refractivity contribution in [2.24, 2.45) is 10.9 Å². The number of pyridine rings is 1. The van der Waals surface area contributed by atoms with Crippen molar-refractivity contribution in [2.75, 3.05) is 27.2 Å². The molecule has 1 amide bonds. The fraction of sp³-hybridized carbons (Fsp3) is 0.682. The lowest BCUT2D eigenvalue weighted by atomic mass is 9.88. The highest BCUT2D eigenvalue weighted by Crippen LogP contribution is 2.27. The summed E-state index contributed by atoms with van der Waals surface area (Å²) in [5, 5.41) is 6.82. The third-order valence-electron chi connectivity index (χ3n) is 6.19. The van der Waals surface area contributed by atoms with Gasteiger partial charge in [0.2, 0.25) is 5.91 Å². The second kappa shape index (κ2) is 9.94. The molecule has 3 rings (SSSR count). The summed E-state index contributed by atoms with van der Waals surface area (Å²) in [6.07, 6.45) is 8.57. The maximum atomic E-state index is 12.8. The first-order chi connectivity index (χ1) is 14.0. The predicted molar refractivity (Wildman–Crippen MR) is 115 cm³/mol. The highest BCUT2D eigenvalue weighted by atomic mass is 16.5. The zero-order valence-corrected chi connectivity index (χ0v) is 18.3. The van der Waals surface area contributed by atoms with Crippen LogP contribution in [0.5, 0.6) is 5.75 Å². The number of nitrogens with one attached hydrogen (secondary N) is 2. The maximum absolute atomic E-state index is 12.8. The van der Waals surface area contributed by atoms with E-state index in [1.807, 2.05) is 24.9 Å². The highest BCUT2D eigenvalue weighted by Gasteiger charge is 2.31. The number of guanidine groups is 1. The Hall–Kier alpha value is -2.31. The first-order valence-corrected chi connectivity index (χ1v) is 10.8. The number of aliphatic imine (C=N–C) groups is 1. The molecule has 0 radical (unpaired) electrons. The summed E-state index contributed by atoms with van der Waals surface area (Å²) < 4.78 is 5.49. The van der Waals surface area contributed by atoms with Crippen LogP contribution < -0.4 is 15.4 Å². The summed E-state index contributed by atoms with van der Waals surface area (Å²) in [5.74, 6) is 2.21. The molecule has 1 aliphatic heterocycles. The van der Waals surface area contributed by atoms with Gasteiger partial charge in [0.15, 0.2) is 5.96 Å². The molecule has 1 aromatic rings. The molecule has 2 fully saturated rings. The molecule has 1 aromatic heterocycles. The van der Waals surface area contributed by atoms with Crippen LogP contribution in [-0.4, -0.2) is 55.0 Å². The molecule has 2 heterocycles. The van der Waals surface area contributed by atoms with E-state index in [-0.39, 0.29) is 12.0 Å². The average molecular weight is 402 g/mol. The first-order valence-electron chi connectivity index (χ1n) is 10.8. The molecule has 2 aliphatic rings. The maximum Gasteiger partial charge on any atom is 0.225 e. The van der Waals surface area contributed by atoms with Crippen molar-refractivity contribution in [1.82, 2.24) is 20.5 Å². The van der Waals surface area contributed by atoms with Crippen LogP contribution in [0, 0.1) is 19.8 Å². The molecule has 0 bridgehead atoms. The van der Waals surface area contributed by atoms with Gasteiger partial charge in [-0.3, -0.25) is 14.8 Å². The topological polar surface area (TPSA) is 78.9 Å². The van der Waals surface area contributed by atoms with Gasteiger partial charge in [-0.15, -0.1) is 0 Å². The Kier molecular flexibility index (Phi) is 7.34. The van der Waals surface area contributed by atoms with Crippen LogP contribution in [0.3, 0.4) is 0 Å². The van der Waals surface area contributed by atoms with Crippen LogP contribution in [0.2, 0.25) is 0 Å². The summed E-state index contributed by atoms with van der Waals surface area (Å²) in [5.41, 5.74) is 3.02. The molecule has 7 heteroatoms. The number of ether oxygens (including phenoxy) is 1. The van der Waals surface area contributed by atoms with Crippen molar-refractivity contribution in [2.45, 2.75) is 65.0 Å². The van der Waals surface area contributed by atoms with E-state index in [0.717, 1.165) is 60.9 Å². The van der Waals surface area contributed by atoms with Gasteiger partial charge < -0.3 is 20.3 Å². The minimum absolute atomic E-state index is 0.232. The zero-order chi connectivity index (χ0) is 20.8. The van der Waals surface area contributed by atoms with E-state index in [0.29, 0.717) is 12.5 Å². The van der Waals surface area contributed by atoms with Crippen molar-refractivity contribution >= 4 is 11.9 Å². The summed E-state index contributed by atoms with van der Waals surface area (Å²) in [4.78, 5) is 23.7. The van der Waals surface area contributed by atoms with Crippen molar-refractivity contribution in [3.8, 4) is 5.75 Å². The molecule has 1 atom stereocenters. The van der Waals surface area contributed by atoms with Crippen molar-refractivity contribution in [3.63, 3.8) is 0 Å². The van der Waals surface area contributed by atoms with Gasteiger partial charge >= 0.3 is 0 Å². The van der Waals surface area contributed by atoms with Gasteiger partial charge in [0, 0.05) is 49.4 Å². The monoisotopic (exact) mass is 401 g/mol. The molecule has 160 valence electrons. The first kappa shape index (κ1) is 21.4. The molecule has 7 nitrogen and oxygen atoms in total. The van der Waals surface area contributed by atoms with Crippen molar-refractivity contribution < 1.29 is 9.53 Å². The second-order valence-electron chi connectivity index (χ2n) is 8.22. The van der Waals surface area contributed by atoms with E-state index in [1.54, 1.807) is 14.2 Å². The van der Waals surface area contributed by atoms with E-state index in [2.05, 4.69) is 20.6 Å². The van der Waals surface area contributed by atoms with Crippen LogP contribution in [0.25, 0.3) is 0 Å². The molecule has 0 aromatic carbocycles. The molecule has 29 heavy (non-hydrogen) atoms. The number of carbonyl (C=O) groups is 1. The lowest BCUT2D eigenvalue weighted by Crippen LogP contribution is -2.45. The Morgan fingerprint density at radius 1 is 1.28 bits per heavy atom. The van der Waals surface area contributed by atoms with Gasteiger partial charge in [-0.25, -0.2) is 0 Å². The van der Waals surface area contributed by atoms with Crippen LogP contribution in [0.4, 0.5) is 0 Å². The van der Waals surface area contributed by atoms with Crippen molar-refractivity contribution in [3.05, 3.63) is 23.0 Å². The number of nitrogens with zero attached hydrogens (tertiary/aromatic N) is 3. The Bertz CT molecular complexity index is 743. The van der Waals surface area contributed by atoms with Crippen LogP contribution in [0.15, 0.2) is 11.2 Å². The smallest absolute Gasteiger partial charge is 0.225 e. The number of hydrogen-bond donors (Lipinski definition) is 2. The van der Waals surface area contributed by atoms with E-state index in [1.165, 1.54) is 19.3 Å². The number of hydrogen-bond acceptors (Lipinski definition) is 4. The number of likely N-dealkylation sites (tertiary alicyclic amines) is 1. The van der Waals surface area contributed by atoms with Gasteiger partial charge in [0.25, 0.3) is 0 Å². The fourth-order valence-corrected chi connectivity index (χ4v) is 4.49. The van der Waals surface area contributed by atoms with Crippen LogP contribution in [-0.2, 0) is 11.3 Å². The minimum Gasteiger partial charge on any atom is -0.496 e. The fourth-order valence-electron chi connectivity index (χ4n) is 4.49. The Morgan fingerprint density at radius 2 is 2.03 bits per heavy atom. The largest absolute Gasteiger partial charge is 0.496 e. The van der Waals surface area contributed by atoms with Crippen LogP contribution in [0.1, 0.15) is 55.3 Å². The molecule has 1 aliphatic carbocycles. The molecule has 0 spiro atoms. The second-order valence-corrected chi connectivity index (χ2v) is 8.22. The molecule has 1 unspecified atom stereocenters. The summed E-state index contributed by atoms with van der Waals surface area (Å²) in [7, 11) is 3.46. The number of carbonyl (C=O) groups excluding carboxylic acids is 1. The number of aryl methyl sites for hydroxylation is 1. The van der Waals surface area contributed by atoms with E-state index < -0.39 is 0 Å². The number of amides is 1. The van der Waals surface area contributed by atoms with Gasteiger partial charge in [0.05, 0.1) is 19.3 Å². The number of methoxy groups -OCH3 is 1. The summed E-state index contributed by atoms with van der Waals surface area (Å²) in [6.45, 7) is 6.18. The molecular formula is C22H35N5O2. The SMILES string of the molecule is CN=C(NCc1ncc(C)c(OC)c1C)NC1CCN(C(=O)C2CCCCC2)C1. The minimum atomic E-state index is 0.232. The van der Waals surface area contributed by atoms with Crippen molar-refractivity contribution in [1.29, 1.82) is 0 Å². The lowest BCUT2D eigenvalue weighted by molar-refractivity contribution is -0.135. The molecular weight excluding hydrogens is 366 g/mol. The molecule has 2 N–H and O–H groups in total. The highest BCUT2D eigenvalue weighted by molar-refractivity contribution is 5.81. The Morgan fingerprint density at radius 3 is 2.72 bits per heavy atom. The zero-order valence-electron chi connectivity index (χ0n) is 18.3. The van der Waals surface area contributed by atoms with E-state index in [9.17, 15) is 4.79 Å². The summed E-state index contributed by atoms with van der Waals surface area (Å²) >= 11 is 0. The predicted octanol–water partition coefficient (Wildman–Crippen LogP) is 2.55. The van der Waals surface area contributed by atoms with Gasteiger partial charge in [-0.05, 0) is 33.1 Å². The average Bonchev–Trinajstić information content (AvgIpc) is 3.21. The van der Waals surface area contributed by atoms with Crippen LogP contribution >= 0.6 is 0 Å². The standard InChI is InChI=1S/C22H35N5O2/c1-15-12-24-19(16(2)20(15)29-4)13-25-22(23-3)26-18-10-11-27(14-18)21(28)17-8-6-5-7-9-17/h12,17-18H,5-11,13-14H2,1-4H3,(H2,23,25,26). The third-order valence-corrected chi connectivity index (χ3v) is 6.19. The molecule has 1 saturated carbocycles. The summed E-state index contributed by atoms with van der Waals surface area (Å²) in [6, 6.07) is 0.232. The Balaban J connectivity index is 1.51. The molecule has 1 saturated heterocycles. The number of rotatable bonds is 5. The van der Waals surface area contributed by atoms with Gasteiger partial charge in [0.1, 0.15) is 5.75 Å². The number of aromatic nitrogens is 1. The van der Waals surface area contributed by atoms with Gasteiger partial charge in [-0.2, -0.15) is 0 Å². The Labute approximate surface area is 174 Å².